The highest BCUT2D eigenvalue weighted by Crippen LogP contribution is 2.34. The Kier molecular flexibility index (Phi) is 2.56. The lowest BCUT2D eigenvalue weighted by molar-refractivity contribution is 0.0975. The minimum atomic E-state index is -0.186. The van der Waals surface area contributed by atoms with E-state index in [1.54, 1.807) is 25.6 Å². The average molecular weight is 292 g/mol. The van der Waals surface area contributed by atoms with Crippen LogP contribution in [0, 0.1) is 0 Å². The van der Waals surface area contributed by atoms with Crippen molar-refractivity contribution in [1.29, 1.82) is 0 Å². The molecule has 0 unspecified atom stereocenters. The van der Waals surface area contributed by atoms with Gasteiger partial charge in [-0.2, -0.15) is 0 Å². The summed E-state index contributed by atoms with van der Waals surface area (Å²) in [4.78, 5) is 30.9. The van der Waals surface area contributed by atoms with Crippen LogP contribution in [0.25, 0.3) is 11.1 Å². The smallest absolute Gasteiger partial charge is 0.226 e. The van der Waals surface area contributed by atoms with E-state index in [0.717, 1.165) is 16.9 Å². The van der Waals surface area contributed by atoms with E-state index in [0.29, 0.717) is 22.5 Å². The summed E-state index contributed by atoms with van der Waals surface area (Å²) in [6.07, 6.45) is 3.31. The fourth-order valence-corrected chi connectivity index (χ4v) is 2.84. The first-order valence-electron chi connectivity index (χ1n) is 6.83. The number of hydrogen-bond donors (Lipinski definition) is 2. The number of rotatable bonds is 2. The zero-order valence-corrected chi connectivity index (χ0v) is 11.8. The first-order chi connectivity index (χ1) is 10.7. The molecule has 22 heavy (non-hydrogen) atoms. The molecule has 2 heterocycles. The highest BCUT2D eigenvalue weighted by Gasteiger charge is 2.34. The number of carbonyl (C=O) groups is 2. The lowest BCUT2D eigenvalue weighted by Crippen LogP contribution is -2.19. The van der Waals surface area contributed by atoms with Crippen molar-refractivity contribution < 1.29 is 14.3 Å². The quantitative estimate of drug-likeness (QED) is 0.596. The third kappa shape index (κ3) is 1.59. The summed E-state index contributed by atoms with van der Waals surface area (Å²) in [6, 6.07) is 9.03. The zero-order chi connectivity index (χ0) is 15.3. The maximum Gasteiger partial charge on any atom is 0.226 e. The van der Waals surface area contributed by atoms with Gasteiger partial charge in [-0.1, -0.05) is 12.1 Å². The Morgan fingerprint density at radius 1 is 0.864 bits per heavy atom. The Balaban J connectivity index is 1.89. The molecule has 0 atom stereocenters. The second-order valence-corrected chi connectivity index (χ2v) is 5.11. The number of ether oxygens (including phenoxy) is 1. The molecule has 1 aliphatic rings. The van der Waals surface area contributed by atoms with Gasteiger partial charge in [0.1, 0.15) is 11.4 Å². The molecule has 3 aromatic rings. The van der Waals surface area contributed by atoms with Crippen molar-refractivity contribution >= 4 is 11.6 Å². The van der Waals surface area contributed by atoms with Gasteiger partial charge >= 0.3 is 0 Å². The number of aromatic nitrogens is 2. The van der Waals surface area contributed by atoms with Gasteiger partial charge in [0.15, 0.2) is 5.78 Å². The molecule has 108 valence electrons. The summed E-state index contributed by atoms with van der Waals surface area (Å²) < 4.78 is 5.14. The number of hydrogen-bond acceptors (Lipinski definition) is 3. The second kappa shape index (κ2) is 4.46. The number of benzene rings is 1. The van der Waals surface area contributed by atoms with Gasteiger partial charge in [-0.05, 0) is 23.8 Å². The SMILES string of the molecule is COc1ccc(-c2c[nH]c3c2C(=O)c2cc[nH]c2C3=O)cc1. The van der Waals surface area contributed by atoms with Gasteiger partial charge in [0, 0.05) is 18.0 Å². The van der Waals surface area contributed by atoms with Crippen molar-refractivity contribution in [1.82, 2.24) is 9.97 Å². The molecule has 0 radical (unpaired) electrons. The van der Waals surface area contributed by atoms with E-state index in [-0.39, 0.29) is 11.6 Å². The third-order valence-corrected chi connectivity index (χ3v) is 3.95. The molecule has 0 fully saturated rings. The highest BCUT2D eigenvalue weighted by molar-refractivity contribution is 6.29. The van der Waals surface area contributed by atoms with E-state index in [2.05, 4.69) is 9.97 Å². The molecule has 4 rings (SSSR count). The van der Waals surface area contributed by atoms with Crippen molar-refractivity contribution in [3.63, 3.8) is 0 Å². The van der Waals surface area contributed by atoms with Crippen LogP contribution in [0.15, 0.2) is 42.7 Å². The Hall–Kier alpha value is -3.08. The van der Waals surface area contributed by atoms with Crippen molar-refractivity contribution in [2.75, 3.05) is 7.11 Å². The number of nitrogens with one attached hydrogen (secondary N) is 2. The first kappa shape index (κ1) is 12.6. The van der Waals surface area contributed by atoms with Crippen LogP contribution in [0.4, 0.5) is 0 Å². The van der Waals surface area contributed by atoms with E-state index in [4.69, 9.17) is 4.74 Å². The molecule has 0 amide bonds. The monoisotopic (exact) mass is 292 g/mol. The average Bonchev–Trinajstić information content (AvgIpc) is 3.20. The van der Waals surface area contributed by atoms with Crippen LogP contribution in [-0.4, -0.2) is 28.6 Å². The number of ketones is 2. The maximum atomic E-state index is 12.7. The lowest BCUT2D eigenvalue weighted by atomic mass is 9.89. The fourth-order valence-electron chi connectivity index (χ4n) is 2.84. The number of H-pyrrole nitrogens is 2. The van der Waals surface area contributed by atoms with E-state index in [1.807, 2.05) is 24.3 Å². The van der Waals surface area contributed by atoms with Gasteiger partial charge in [0.25, 0.3) is 0 Å². The molecule has 0 bridgehead atoms. The predicted molar refractivity (Wildman–Crippen MR) is 80.4 cm³/mol. The first-order valence-corrected chi connectivity index (χ1v) is 6.83. The van der Waals surface area contributed by atoms with Gasteiger partial charge < -0.3 is 14.7 Å². The molecule has 5 heteroatoms. The molecule has 0 spiro atoms. The minimum absolute atomic E-state index is 0.141. The molecular weight excluding hydrogens is 280 g/mol. The van der Waals surface area contributed by atoms with Gasteiger partial charge in [0.2, 0.25) is 5.78 Å². The van der Waals surface area contributed by atoms with E-state index >= 15 is 0 Å². The Bertz CT molecular complexity index is 900. The van der Waals surface area contributed by atoms with Crippen LogP contribution in [0.5, 0.6) is 5.75 Å². The summed E-state index contributed by atoms with van der Waals surface area (Å²) in [7, 11) is 1.60. The zero-order valence-electron chi connectivity index (χ0n) is 11.8. The van der Waals surface area contributed by atoms with Gasteiger partial charge in [-0.15, -0.1) is 0 Å². The van der Waals surface area contributed by atoms with E-state index < -0.39 is 0 Å². The molecule has 1 aromatic carbocycles. The molecular formula is C17H12N2O3. The summed E-state index contributed by atoms with van der Waals surface area (Å²) in [5, 5.41) is 0. The molecule has 5 nitrogen and oxygen atoms in total. The molecule has 2 N–H and O–H groups in total. The summed E-state index contributed by atoms with van der Waals surface area (Å²) >= 11 is 0. The van der Waals surface area contributed by atoms with Gasteiger partial charge in [-0.3, -0.25) is 9.59 Å². The van der Waals surface area contributed by atoms with Gasteiger partial charge in [-0.25, -0.2) is 0 Å². The van der Waals surface area contributed by atoms with Crippen molar-refractivity contribution in [3.05, 3.63) is 65.2 Å². The lowest BCUT2D eigenvalue weighted by Gasteiger charge is -2.12. The fraction of sp³-hybridized carbons (Fsp3) is 0.0588. The van der Waals surface area contributed by atoms with Gasteiger partial charge in [0.05, 0.1) is 23.9 Å². The summed E-state index contributed by atoms with van der Waals surface area (Å²) in [5.74, 6) is 0.413. The third-order valence-electron chi connectivity index (χ3n) is 3.95. The maximum absolute atomic E-state index is 12.7. The number of fused-ring (bicyclic) bond motifs is 2. The summed E-state index contributed by atoms with van der Waals surface area (Å²) in [6.45, 7) is 0. The summed E-state index contributed by atoms with van der Waals surface area (Å²) in [5.41, 5.74) is 3.13. The van der Waals surface area contributed by atoms with E-state index in [9.17, 15) is 9.59 Å². The van der Waals surface area contributed by atoms with Crippen molar-refractivity contribution in [2.24, 2.45) is 0 Å². The number of carbonyl (C=O) groups excluding carboxylic acids is 2. The van der Waals surface area contributed by atoms with Crippen LogP contribution < -0.4 is 4.74 Å². The molecule has 0 aliphatic heterocycles. The second-order valence-electron chi connectivity index (χ2n) is 5.11. The highest BCUT2D eigenvalue weighted by atomic mass is 16.5. The van der Waals surface area contributed by atoms with Crippen LogP contribution in [-0.2, 0) is 0 Å². The topological polar surface area (TPSA) is 75.0 Å². The standard InChI is InChI=1S/C17H12N2O3/c1-22-10-4-2-9(3-5-10)12-8-19-15-13(12)16(20)11-6-7-18-14(11)17(15)21/h2-8,18-19H,1H3. The number of aromatic amines is 2. The molecule has 2 aromatic heterocycles. The van der Waals surface area contributed by atoms with Crippen LogP contribution in [0.2, 0.25) is 0 Å². The largest absolute Gasteiger partial charge is 0.497 e. The van der Waals surface area contributed by atoms with Crippen molar-refractivity contribution in [2.45, 2.75) is 0 Å². The molecule has 1 aliphatic carbocycles. The molecule has 0 saturated carbocycles. The Morgan fingerprint density at radius 3 is 2.36 bits per heavy atom. The molecule has 0 saturated heterocycles. The Labute approximate surface area is 125 Å². The number of methoxy groups -OCH3 is 1. The van der Waals surface area contributed by atoms with Crippen LogP contribution in [0.1, 0.15) is 32.1 Å². The minimum Gasteiger partial charge on any atom is -0.497 e. The normalized spacial score (nSPS) is 13.0. The van der Waals surface area contributed by atoms with Crippen LogP contribution >= 0.6 is 0 Å². The Morgan fingerprint density at radius 2 is 1.64 bits per heavy atom. The van der Waals surface area contributed by atoms with Crippen LogP contribution in [0.3, 0.4) is 0 Å². The van der Waals surface area contributed by atoms with E-state index in [1.165, 1.54) is 0 Å². The van der Waals surface area contributed by atoms with Crippen molar-refractivity contribution in [3.8, 4) is 16.9 Å². The predicted octanol–water partition coefficient (Wildman–Crippen LogP) is 2.79.